The number of nitrogens with zero attached hydrogens (tertiary/aromatic N) is 2. The fourth-order valence-corrected chi connectivity index (χ4v) is 5.85. The van der Waals surface area contributed by atoms with E-state index in [2.05, 4.69) is 5.32 Å². The lowest BCUT2D eigenvalue weighted by Gasteiger charge is -2.33. The molecule has 0 bridgehead atoms. The lowest BCUT2D eigenvalue weighted by atomic mass is 10.1. The number of amides is 2. The number of para-hydroxylation sites is 1. The second kappa shape index (κ2) is 12.7. The second-order valence-electron chi connectivity index (χ2n) is 8.61. The largest absolute Gasteiger partial charge is 0.355 e. The highest BCUT2D eigenvalue weighted by Crippen LogP contribution is 2.30. The number of halogens is 1. The lowest BCUT2D eigenvalue weighted by molar-refractivity contribution is -0.140. The van der Waals surface area contributed by atoms with E-state index in [1.54, 1.807) is 42.5 Å². The van der Waals surface area contributed by atoms with Crippen molar-refractivity contribution in [2.75, 3.05) is 17.4 Å². The molecule has 0 aromatic heterocycles. The monoisotopic (exact) mass is 541 g/mol. The third kappa shape index (κ3) is 6.90. The van der Waals surface area contributed by atoms with Crippen molar-refractivity contribution in [3.63, 3.8) is 0 Å². The minimum atomic E-state index is -4.15. The summed E-state index contributed by atoms with van der Waals surface area (Å²) in [6.45, 7) is 5.62. The van der Waals surface area contributed by atoms with Crippen LogP contribution in [0.15, 0.2) is 83.8 Å². The Balaban J connectivity index is 2.06. The van der Waals surface area contributed by atoms with Crippen LogP contribution in [0.1, 0.15) is 31.4 Å². The summed E-state index contributed by atoms with van der Waals surface area (Å²) in [5.41, 5.74) is 2.04. The normalized spacial score (nSPS) is 12.0. The van der Waals surface area contributed by atoms with Crippen molar-refractivity contribution in [1.29, 1.82) is 0 Å². The Kier molecular flexibility index (Phi) is 9.72. The average Bonchev–Trinajstić information content (AvgIpc) is 2.88. The molecule has 1 unspecified atom stereocenters. The third-order valence-electron chi connectivity index (χ3n) is 5.90. The van der Waals surface area contributed by atoms with E-state index in [1.807, 2.05) is 45.0 Å². The van der Waals surface area contributed by atoms with Gasteiger partial charge in [0, 0.05) is 13.1 Å². The van der Waals surface area contributed by atoms with Crippen LogP contribution in [0.5, 0.6) is 0 Å². The maximum atomic E-state index is 13.9. The fraction of sp³-hybridized carbons (Fsp3) is 0.286. The fourth-order valence-electron chi connectivity index (χ4n) is 4.11. The first kappa shape index (κ1) is 28.2. The number of anilines is 1. The summed E-state index contributed by atoms with van der Waals surface area (Å²) >= 11 is 6.41. The van der Waals surface area contributed by atoms with Gasteiger partial charge < -0.3 is 10.2 Å². The van der Waals surface area contributed by atoms with Crippen LogP contribution in [-0.2, 0) is 26.2 Å². The number of benzene rings is 3. The first-order chi connectivity index (χ1) is 17.7. The van der Waals surface area contributed by atoms with E-state index in [0.717, 1.165) is 15.4 Å². The molecule has 0 fully saturated rings. The SMILES string of the molecule is CCNC(=O)C(CC)N(Cc1cccc(C)c1)C(=O)CN(c1ccccc1Cl)S(=O)(=O)c1ccccc1. The zero-order chi connectivity index (χ0) is 27.0. The molecule has 196 valence electrons. The van der Waals surface area contributed by atoms with E-state index in [9.17, 15) is 18.0 Å². The van der Waals surface area contributed by atoms with Crippen LogP contribution in [0, 0.1) is 6.92 Å². The molecule has 0 aliphatic carbocycles. The van der Waals surface area contributed by atoms with Crippen LogP contribution in [0.25, 0.3) is 0 Å². The summed E-state index contributed by atoms with van der Waals surface area (Å²) in [6.07, 6.45) is 0.362. The number of sulfonamides is 1. The highest BCUT2D eigenvalue weighted by molar-refractivity contribution is 7.92. The smallest absolute Gasteiger partial charge is 0.264 e. The van der Waals surface area contributed by atoms with Crippen LogP contribution in [0.4, 0.5) is 5.69 Å². The van der Waals surface area contributed by atoms with Crippen molar-refractivity contribution in [3.05, 3.63) is 95.0 Å². The van der Waals surface area contributed by atoms with Crippen LogP contribution in [-0.4, -0.2) is 44.3 Å². The third-order valence-corrected chi connectivity index (χ3v) is 8.00. The van der Waals surface area contributed by atoms with Crippen molar-refractivity contribution in [2.24, 2.45) is 0 Å². The molecule has 0 heterocycles. The molecule has 9 heteroatoms. The quantitative estimate of drug-likeness (QED) is 0.378. The summed E-state index contributed by atoms with van der Waals surface area (Å²) < 4.78 is 28.5. The maximum absolute atomic E-state index is 13.9. The molecule has 3 rings (SSSR count). The van der Waals surface area contributed by atoms with E-state index >= 15 is 0 Å². The topological polar surface area (TPSA) is 86.8 Å². The van der Waals surface area contributed by atoms with Gasteiger partial charge in [0.15, 0.2) is 0 Å². The van der Waals surface area contributed by atoms with Gasteiger partial charge in [0.25, 0.3) is 10.0 Å². The van der Waals surface area contributed by atoms with Crippen LogP contribution in [0.2, 0.25) is 5.02 Å². The summed E-state index contributed by atoms with van der Waals surface area (Å²) in [4.78, 5) is 28.3. The number of hydrogen-bond acceptors (Lipinski definition) is 4. The molecule has 0 aliphatic rings. The molecule has 2 amide bonds. The molecule has 0 saturated carbocycles. The van der Waals surface area contributed by atoms with Crippen molar-refractivity contribution in [3.8, 4) is 0 Å². The minimum absolute atomic E-state index is 0.0312. The van der Waals surface area contributed by atoms with E-state index in [0.29, 0.717) is 13.0 Å². The van der Waals surface area contributed by atoms with Gasteiger partial charge in [-0.05, 0) is 50.1 Å². The molecule has 1 atom stereocenters. The number of rotatable bonds is 11. The summed E-state index contributed by atoms with van der Waals surface area (Å²) in [5, 5.41) is 2.98. The van der Waals surface area contributed by atoms with Crippen LogP contribution < -0.4 is 9.62 Å². The Labute approximate surface area is 224 Å². The number of carbonyl (C=O) groups is 2. The molecule has 0 radical (unpaired) electrons. The zero-order valence-electron chi connectivity index (χ0n) is 21.2. The van der Waals surface area contributed by atoms with E-state index in [4.69, 9.17) is 11.6 Å². The molecular formula is C28H32ClN3O4S. The van der Waals surface area contributed by atoms with Crippen LogP contribution >= 0.6 is 11.6 Å². The molecule has 3 aromatic carbocycles. The number of carbonyl (C=O) groups excluding carboxylic acids is 2. The lowest BCUT2D eigenvalue weighted by Crippen LogP contribution is -2.52. The Hall–Kier alpha value is -3.36. The molecule has 0 saturated heterocycles. The Morgan fingerprint density at radius 1 is 0.946 bits per heavy atom. The van der Waals surface area contributed by atoms with Gasteiger partial charge in [-0.2, -0.15) is 0 Å². The second-order valence-corrected chi connectivity index (χ2v) is 10.9. The van der Waals surface area contributed by atoms with E-state index in [1.165, 1.54) is 17.0 Å². The number of nitrogens with one attached hydrogen (secondary N) is 1. The molecule has 7 nitrogen and oxygen atoms in total. The van der Waals surface area contributed by atoms with Crippen LogP contribution in [0.3, 0.4) is 0 Å². The van der Waals surface area contributed by atoms with Crippen molar-refractivity contribution < 1.29 is 18.0 Å². The average molecular weight is 542 g/mol. The van der Waals surface area contributed by atoms with E-state index < -0.39 is 28.5 Å². The highest BCUT2D eigenvalue weighted by Gasteiger charge is 2.34. The predicted octanol–water partition coefficient (Wildman–Crippen LogP) is 4.79. The Morgan fingerprint density at radius 2 is 1.62 bits per heavy atom. The minimum Gasteiger partial charge on any atom is -0.355 e. The van der Waals surface area contributed by atoms with Gasteiger partial charge in [0.05, 0.1) is 15.6 Å². The molecule has 37 heavy (non-hydrogen) atoms. The first-order valence-electron chi connectivity index (χ1n) is 12.1. The molecule has 0 spiro atoms. The van der Waals surface area contributed by atoms with Gasteiger partial charge in [0.1, 0.15) is 12.6 Å². The predicted molar refractivity (Wildman–Crippen MR) is 147 cm³/mol. The van der Waals surface area contributed by atoms with Crippen molar-refractivity contribution in [2.45, 2.75) is 44.7 Å². The summed E-state index contributed by atoms with van der Waals surface area (Å²) in [7, 11) is -4.15. The maximum Gasteiger partial charge on any atom is 0.264 e. The van der Waals surface area contributed by atoms with Crippen molar-refractivity contribution in [1.82, 2.24) is 10.2 Å². The molecular weight excluding hydrogens is 510 g/mol. The Morgan fingerprint density at radius 3 is 2.24 bits per heavy atom. The standard InChI is InChI=1S/C28H32ClN3O4S/c1-4-25(28(34)30-5-2)31(19-22-13-11-12-21(3)18-22)27(33)20-32(26-17-10-9-16-24(26)29)37(35,36)23-14-7-6-8-15-23/h6-18,25H,4-5,19-20H2,1-3H3,(H,30,34). The van der Waals surface area contributed by atoms with Gasteiger partial charge in [-0.25, -0.2) is 8.42 Å². The number of hydrogen-bond donors (Lipinski definition) is 1. The number of aryl methyl sites for hydroxylation is 1. The van der Waals surface area contributed by atoms with E-state index in [-0.39, 0.29) is 28.1 Å². The first-order valence-corrected chi connectivity index (χ1v) is 14.0. The van der Waals surface area contributed by atoms with Gasteiger partial charge in [-0.1, -0.05) is 78.7 Å². The molecule has 0 aliphatic heterocycles. The molecule has 3 aromatic rings. The van der Waals surface area contributed by atoms with Gasteiger partial charge >= 0.3 is 0 Å². The number of likely N-dealkylation sites (N-methyl/N-ethyl adjacent to an activating group) is 1. The van der Waals surface area contributed by atoms with Gasteiger partial charge in [0.2, 0.25) is 11.8 Å². The van der Waals surface area contributed by atoms with Gasteiger partial charge in [-0.15, -0.1) is 0 Å². The zero-order valence-corrected chi connectivity index (χ0v) is 22.8. The van der Waals surface area contributed by atoms with Crippen molar-refractivity contribution >= 4 is 39.1 Å². The highest BCUT2D eigenvalue weighted by atomic mass is 35.5. The summed E-state index contributed by atoms with van der Waals surface area (Å²) in [5.74, 6) is -0.805. The molecule has 1 N–H and O–H groups in total. The Bertz CT molecular complexity index is 1330. The summed E-state index contributed by atoms with van der Waals surface area (Å²) in [6, 6.07) is 21.2. The van der Waals surface area contributed by atoms with Gasteiger partial charge in [-0.3, -0.25) is 13.9 Å².